The molecule has 11 nitrogen and oxygen atoms in total. The van der Waals surface area contributed by atoms with Crippen LogP contribution in [0.2, 0.25) is 0 Å². The number of imide groups is 1. The molecule has 3 aromatic rings. The van der Waals surface area contributed by atoms with Crippen molar-refractivity contribution in [3.05, 3.63) is 82.7 Å². The first kappa shape index (κ1) is 31.3. The Morgan fingerprint density at radius 3 is 2.45 bits per heavy atom. The van der Waals surface area contributed by atoms with E-state index in [1.165, 1.54) is 11.3 Å². The number of carbonyl (C=O) groups is 3. The lowest BCUT2D eigenvalue weighted by atomic mass is 9.90. The Bertz CT molecular complexity index is 1650. The van der Waals surface area contributed by atoms with E-state index in [2.05, 4.69) is 68.5 Å². The number of carbonyl (C=O) groups excluding carboxylic acids is 3. The summed E-state index contributed by atoms with van der Waals surface area (Å²) in [5, 5.41) is 17.5. The quantitative estimate of drug-likeness (QED) is 0.318. The Morgan fingerprint density at radius 2 is 1.74 bits per heavy atom. The molecule has 0 bridgehead atoms. The Labute approximate surface area is 275 Å². The molecule has 5 heterocycles. The topological polar surface area (TPSA) is 131 Å². The molecule has 4 aliphatic heterocycles. The minimum atomic E-state index is -1.01. The van der Waals surface area contributed by atoms with Crippen LogP contribution in [-0.4, -0.2) is 80.9 Å². The Balaban J connectivity index is 0.915. The van der Waals surface area contributed by atoms with Gasteiger partial charge in [0.25, 0.3) is 5.91 Å². The van der Waals surface area contributed by atoms with Gasteiger partial charge in [-0.1, -0.05) is 38.1 Å². The highest BCUT2D eigenvalue weighted by atomic mass is 16.3. The van der Waals surface area contributed by atoms with E-state index in [0.717, 1.165) is 55.7 Å². The highest BCUT2D eigenvalue weighted by Crippen LogP contribution is 2.36. The lowest BCUT2D eigenvalue weighted by Crippen LogP contribution is -2.52. The van der Waals surface area contributed by atoms with Crippen molar-refractivity contribution in [2.24, 2.45) is 0 Å². The Morgan fingerprint density at radius 1 is 1.00 bits per heavy atom. The Hall–Kier alpha value is -4.35. The fourth-order valence-electron chi connectivity index (χ4n) is 7.35. The number of hydrogen-bond donors (Lipinski definition) is 3. The van der Waals surface area contributed by atoms with Gasteiger partial charge in [-0.05, 0) is 72.1 Å². The SMILES string of the molecule is CC(C)c1cnc(NC2CCN(c3ccc(CN4CC[C@](O)(c5ccc6c(c5)CN(C5CCC(=O)NC5=O)C6=O)C4)cc3)CC2)nc1. The molecule has 0 radical (unpaired) electrons. The summed E-state index contributed by atoms with van der Waals surface area (Å²) in [5.41, 5.74) is 4.73. The van der Waals surface area contributed by atoms with Crippen molar-refractivity contribution < 1.29 is 19.5 Å². The average Bonchev–Trinajstić information content (AvgIpc) is 3.61. The fraction of sp³-hybridized carbons (Fsp3) is 0.472. The molecule has 3 N–H and O–H groups in total. The van der Waals surface area contributed by atoms with Crippen molar-refractivity contribution in [3.8, 4) is 0 Å². The number of aliphatic hydroxyl groups is 1. The third-order valence-corrected chi connectivity index (χ3v) is 10.3. The number of amides is 3. The van der Waals surface area contributed by atoms with Crippen LogP contribution < -0.4 is 15.5 Å². The molecule has 47 heavy (non-hydrogen) atoms. The summed E-state index contributed by atoms with van der Waals surface area (Å²) in [5.74, 6) is 0.202. The second-order valence-electron chi connectivity index (χ2n) is 13.8. The maximum atomic E-state index is 13.1. The van der Waals surface area contributed by atoms with Gasteiger partial charge in [0.05, 0.1) is 0 Å². The molecule has 3 fully saturated rings. The van der Waals surface area contributed by atoms with Gasteiger partial charge in [-0.2, -0.15) is 0 Å². The van der Waals surface area contributed by atoms with Crippen LogP contribution >= 0.6 is 0 Å². The molecule has 0 aliphatic carbocycles. The predicted octanol–water partition coefficient (Wildman–Crippen LogP) is 3.54. The second-order valence-corrected chi connectivity index (χ2v) is 13.8. The molecule has 0 spiro atoms. The molecular formula is C36H43N7O4. The van der Waals surface area contributed by atoms with E-state index in [0.29, 0.717) is 49.4 Å². The van der Waals surface area contributed by atoms with Crippen molar-refractivity contribution in [2.75, 3.05) is 36.4 Å². The van der Waals surface area contributed by atoms with Crippen molar-refractivity contribution >= 4 is 29.4 Å². The third kappa shape index (κ3) is 6.46. The number of likely N-dealkylation sites (tertiary alicyclic amines) is 1. The van der Waals surface area contributed by atoms with E-state index < -0.39 is 17.6 Å². The Kier molecular flexibility index (Phi) is 8.44. The zero-order valence-corrected chi connectivity index (χ0v) is 27.1. The van der Waals surface area contributed by atoms with Crippen LogP contribution in [0.4, 0.5) is 11.6 Å². The first-order chi connectivity index (χ1) is 22.6. The molecule has 3 saturated heterocycles. The number of anilines is 2. The number of β-amino-alcohol motifs (C(OH)–C–C–N with tert-alkyl or cyclic N) is 1. The summed E-state index contributed by atoms with van der Waals surface area (Å²) in [6.45, 7) is 8.54. The molecule has 2 atom stereocenters. The van der Waals surface area contributed by atoms with Gasteiger partial charge in [0.15, 0.2) is 0 Å². The predicted molar refractivity (Wildman–Crippen MR) is 178 cm³/mol. The van der Waals surface area contributed by atoms with Gasteiger partial charge < -0.3 is 20.2 Å². The van der Waals surface area contributed by atoms with Crippen molar-refractivity contribution in [1.29, 1.82) is 0 Å². The van der Waals surface area contributed by atoms with Crippen LogP contribution in [-0.2, 0) is 28.3 Å². The highest BCUT2D eigenvalue weighted by molar-refractivity contribution is 6.05. The molecule has 4 aliphatic rings. The molecular weight excluding hydrogens is 594 g/mol. The number of nitrogens with zero attached hydrogens (tertiary/aromatic N) is 5. The number of benzene rings is 2. The van der Waals surface area contributed by atoms with Gasteiger partial charge in [-0.3, -0.25) is 24.6 Å². The minimum absolute atomic E-state index is 0.201. The largest absolute Gasteiger partial charge is 0.384 e. The number of piperidine rings is 2. The zero-order valence-electron chi connectivity index (χ0n) is 27.1. The van der Waals surface area contributed by atoms with Crippen LogP contribution in [0.1, 0.15) is 84.5 Å². The first-order valence-electron chi connectivity index (χ1n) is 16.8. The number of rotatable bonds is 8. The van der Waals surface area contributed by atoms with Gasteiger partial charge in [0.2, 0.25) is 17.8 Å². The van der Waals surface area contributed by atoms with Crippen molar-refractivity contribution in [2.45, 2.75) is 82.6 Å². The maximum Gasteiger partial charge on any atom is 0.255 e. The fourth-order valence-corrected chi connectivity index (χ4v) is 7.35. The van der Waals surface area contributed by atoms with E-state index in [4.69, 9.17) is 0 Å². The summed E-state index contributed by atoms with van der Waals surface area (Å²) in [6.07, 6.45) is 7.03. The number of aromatic nitrogens is 2. The number of nitrogens with one attached hydrogen (secondary N) is 2. The van der Waals surface area contributed by atoms with E-state index >= 15 is 0 Å². The van der Waals surface area contributed by atoms with Crippen LogP contribution in [0.25, 0.3) is 0 Å². The van der Waals surface area contributed by atoms with Crippen LogP contribution in [0.15, 0.2) is 54.9 Å². The van der Waals surface area contributed by atoms with Gasteiger partial charge in [0, 0.05) is 75.4 Å². The minimum Gasteiger partial charge on any atom is -0.384 e. The summed E-state index contributed by atoms with van der Waals surface area (Å²) < 4.78 is 0. The summed E-state index contributed by atoms with van der Waals surface area (Å²) in [4.78, 5) is 52.3. The molecule has 1 aromatic heterocycles. The van der Waals surface area contributed by atoms with E-state index in [9.17, 15) is 19.5 Å². The second kappa shape index (κ2) is 12.7. The monoisotopic (exact) mass is 637 g/mol. The molecule has 1 unspecified atom stereocenters. The van der Waals surface area contributed by atoms with Gasteiger partial charge in [0.1, 0.15) is 11.6 Å². The molecule has 2 aromatic carbocycles. The summed E-state index contributed by atoms with van der Waals surface area (Å²) in [7, 11) is 0. The van der Waals surface area contributed by atoms with E-state index in [1.807, 2.05) is 24.5 Å². The van der Waals surface area contributed by atoms with Crippen LogP contribution in [0.3, 0.4) is 0 Å². The van der Waals surface area contributed by atoms with Crippen molar-refractivity contribution in [1.82, 2.24) is 25.1 Å². The van der Waals surface area contributed by atoms with E-state index in [1.54, 1.807) is 11.0 Å². The van der Waals surface area contributed by atoms with Gasteiger partial charge >= 0.3 is 0 Å². The molecule has 7 rings (SSSR count). The first-order valence-corrected chi connectivity index (χ1v) is 16.8. The summed E-state index contributed by atoms with van der Waals surface area (Å²) in [6, 6.07) is 14.0. The van der Waals surface area contributed by atoms with Crippen LogP contribution in [0, 0.1) is 0 Å². The summed E-state index contributed by atoms with van der Waals surface area (Å²) >= 11 is 0. The lowest BCUT2D eigenvalue weighted by molar-refractivity contribution is -0.136. The van der Waals surface area contributed by atoms with Gasteiger partial charge in [-0.15, -0.1) is 0 Å². The third-order valence-electron chi connectivity index (χ3n) is 10.3. The molecule has 11 heteroatoms. The maximum absolute atomic E-state index is 13.1. The molecule has 0 saturated carbocycles. The van der Waals surface area contributed by atoms with Crippen LogP contribution in [0.5, 0.6) is 0 Å². The highest BCUT2D eigenvalue weighted by Gasteiger charge is 2.42. The number of hydrogen-bond acceptors (Lipinski definition) is 9. The molecule has 3 amide bonds. The normalized spacial score (nSPS) is 23.8. The smallest absolute Gasteiger partial charge is 0.255 e. The van der Waals surface area contributed by atoms with Gasteiger partial charge in [-0.25, -0.2) is 9.97 Å². The lowest BCUT2D eigenvalue weighted by Gasteiger charge is -2.34. The average molecular weight is 638 g/mol. The van der Waals surface area contributed by atoms with Crippen molar-refractivity contribution in [3.63, 3.8) is 0 Å². The van der Waals surface area contributed by atoms with E-state index in [-0.39, 0.29) is 18.2 Å². The molecule has 246 valence electrons. The zero-order chi connectivity index (χ0) is 32.7. The standard InChI is InChI=1S/C36H43N7O4/c1-23(2)26-18-37-35(38-19-26)39-28-11-14-42(15-12-28)29-6-3-24(4-7-29)20-41-16-13-36(47,22-41)27-5-8-30-25(17-27)21-43(34(30)46)31-9-10-32(44)40-33(31)45/h3-8,17-19,23,28,31,47H,9-16,20-22H2,1-2H3,(H,37,38,39)(H,40,44,45)/t31?,36-/m1/s1. The number of fused-ring (bicyclic) bond motifs is 1.